The number of nitrogens with one attached hydrogen (secondary N) is 1. The van der Waals surface area contributed by atoms with E-state index in [1.807, 2.05) is 12.1 Å². The average molecular weight is 294 g/mol. The first-order valence-electron chi connectivity index (χ1n) is 8.39. The standard InChI is InChI=1S/C18H31FN2/c1-5-8-12-21(15(4)7-3)18-10-9-16(13-17(18)19)14-20-11-6-2/h9-10,13,15,20H,5-8,11-12,14H2,1-4H3. The van der Waals surface area contributed by atoms with E-state index in [1.165, 1.54) is 0 Å². The molecule has 0 fully saturated rings. The van der Waals surface area contributed by atoms with Gasteiger partial charge in [0.2, 0.25) is 0 Å². The van der Waals surface area contributed by atoms with Crippen molar-refractivity contribution < 1.29 is 4.39 Å². The van der Waals surface area contributed by atoms with Crippen molar-refractivity contribution in [3.63, 3.8) is 0 Å². The van der Waals surface area contributed by atoms with E-state index in [0.29, 0.717) is 6.04 Å². The Morgan fingerprint density at radius 3 is 2.52 bits per heavy atom. The molecular formula is C18H31FN2. The topological polar surface area (TPSA) is 15.3 Å². The summed E-state index contributed by atoms with van der Waals surface area (Å²) in [5, 5.41) is 3.32. The van der Waals surface area contributed by atoms with Crippen molar-refractivity contribution in [3.8, 4) is 0 Å². The molecule has 0 spiro atoms. The van der Waals surface area contributed by atoms with E-state index >= 15 is 0 Å². The summed E-state index contributed by atoms with van der Waals surface area (Å²) in [7, 11) is 0. The van der Waals surface area contributed by atoms with Crippen LogP contribution in [0.2, 0.25) is 0 Å². The third-order valence-corrected chi connectivity index (χ3v) is 3.95. The highest BCUT2D eigenvalue weighted by molar-refractivity contribution is 5.50. The van der Waals surface area contributed by atoms with Gasteiger partial charge in [0.05, 0.1) is 5.69 Å². The first-order chi connectivity index (χ1) is 10.1. The lowest BCUT2D eigenvalue weighted by Crippen LogP contribution is -2.34. The lowest BCUT2D eigenvalue weighted by atomic mass is 10.1. The molecule has 0 aliphatic carbocycles. The fourth-order valence-electron chi connectivity index (χ4n) is 2.43. The number of hydrogen-bond donors (Lipinski definition) is 1. The van der Waals surface area contributed by atoms with Gasteiger partial charge in [-0.05, 0) is 50.4 Å². The van der Waals surface area contributed by atoms with Gasteiger partial charge in [-0.1, -0.05) is 33.3 Å². The Morgan fingerprint density at radius 1 is 1.19 bits per heavy atom. The molecule has 0 aliphatic rings. The third kappa shape index (κ3) is 5.66. The first-order valence-corrected chi connectivity index (χ1v) is 8.39. The molecule has 0 amide bonds. The molecule has 1 rings (SSSR count). The molecule has 0 saturated heterocycles. The van der Waals surface area contributed by atoms with Crippen LogP contribution in [0.5, 0.6) is 0 Å². The molecule has 0 heterocycles. The summed E-state index contributed by atoms with van der Waals surface area (Å²) in [6.07, 6.45) is 4.36. The zero-order valence-electron chi connectivity index (χ0n) is 14.1. The Kier molecular flexibility index (Phi) is 8.36. The molecule has 1 aromatic rings. The monoisotopic (exact) mass is 294 g/mol. The van der Waals surface area contributed by atoms with Crippen LogP contribution in [0.3, 0.4) is 0 Å². The van der Waals surface area contributed by atoms with Crippen molar-refractivity contribution in [2.45, 2.75) is 66.0 Å². The number of unbranched alkanes of at least 4 members (excludes halogenated alkanes) is 1. The molecule has 1 unspecified atom stereocenters. The van der Waals surface area contributed by atoms with Crippen molar-refractivity contribution in [1.29, 1.82) is 0 Å². The Balaban J connectivity index is 2.83. The summed E-state index contributed by atoms with van der Waals surface area (Å²) in [6.45, 7) is 11.3. The van der Waals surface area contributed by atoms with Crippen molar-refractivity contribution in [2.75, 3.05) is 18.0 Å². The van der Waals surface area contributed by atoms with Crippen molar-refractivity contribution >= 4 is 5.69 Å². The molecule has 3 heteroatoms. The van der Waals surface area contributed by atoms with Crippen LogP contribution >= 0.6 is 0 Å². The van der Waals surface area contributed by atoms with Crippen molar-refractivity contribution in [1.82, 2.24) is 5.32 Å². The van der Waals surface area contributed by atoms with Crippen molar-refractivity contribution in [3.05, 3.63) is 29.6 Å². The molecule has 1 N–H and O–H groups in total. The number of rotatable bonds is 10. The zero-order valence-corrected chi connectivity index (χ0v) is 14.1. The number of benzene rings is 1. The smallest absolute Gasteiger partial charge is 0.146 e. The summed E-state index contributed by atoms with van der Waals surface area (Å²) in [5.74, 6) is -0.0952. The van der Waals surface area contributed by atoms with Crippen LogP contribution in [0.4, 0.5) is 10.1 Å². The molecule has 0 radical (unpaired) electrons. The molecule has 1 atom stereocenters. The van der Waals surface area contributed by atoms with Gasteiger partial charge in [0.25, 0.3) is 0 Å². The highest BCUT2D eigenvalue weighted by Gasteiger charge is 2.16. The van der Waals surface area contributed by atoms with Gasteiger partial charge in [-0.25, -0.2) is 4.39 Å². The van der Waals surface area contributed by atoms with E-state index in [2.05, 4.69) is 37.9 Å². The molecule has 1 aromatic carbocycles. The van der Waals surface area contributed by atoms with Crippen LogP contribution < -0.4 is 10.2 Å². The van der Waals surface area contributed by atoms with Gasteiger partial charge < -0.3 is 10.2 Å². The second-order valence-electron chi connectivity index (χ2n) is 5.77. The molecule has 0 saturated carbocycles. The predicted octanol–water partition coefficient (Wildman–Crippen LogP) is 4.73. The number of hydrogen-bond acceptors (Lipinski definition) is 2. The molecule has 2 nitrogen and oxygen atoms in total. The van der Waals surface area contributed by atoms with Gasteiger partial charge in [0.1, 0.15) is 5.82 Å². The minimum Gasteiger partial charge on any atom is -0.366 e. The van der Waals surface area contributed by atoms with E-state index in [1.54, 1.807) is 6.07 Å². The number of halogens is 1. The van der Waals surface area contributed by atoms with Crippen LogP contribution in [0, 0.1) is 5.82 Å². The normalized spacial score (nSPS) is 12.4. The minimum atomic E-state index is -0.0952. The van der Waals surface area contributed by atoms with Crippen LogP contribution in [0.25, 0.3) is 0 Å². The maximum absolute atomic E-state index is 14.5. The lowest BCUT2D eigenvalue weighted by Gasteiger charge is -2.31. The fraction of sp³-hybridized carbons (Fsp3) is 0.667. The average Bonchev–Trinajstić information content (AvgIpc) is 2.49. The Hall–Kier alpha value is -1.09. The van der Waals surface area contributed by atoms with E-state index in [0.717, 1.165) is 56.6 Å². The molecular weight excluding hydrogens is 263 g/mol. The second kappa shape index (κ2) is 9.78. The third-order valence-electron chi connectivity index (χ3n) is 3.95. The van der Waals surface area contributed by atoms with E-state index in [9.17, 15) is 4.39 Å². The quantitative estimate of drug-likeness (QED) is 0.628. The van der Waals surface area contributed by atoms with Gasteiger partial charge >= 0.3 is 0 Å². The SMILES string of the molecule is CCCCN(c1ccc(CNCCC)cc1F)C(C)CC. The predicted molar refractivity (Wildman–Crippen MR) is 90.4 cm³/mol. The summed E-state index contributed by atoms with van der Waals surface area (Å²) < 4.78 is 14.5. The Labute approximate surface area is 129 Å². The Morgan fingerprint density at radius 2 is 1.95 bits per heavy atom. The van der Waals surface area contributed by atoms with E-state index in [4.69, 9.17) is 0 Å². The first kappa shape index (κ1) is 18.0. The van der Waals surface area contributed by atoms with Gasteiger partial charge in [-0.15, -0.1) is 0 Å². The summed E-state index contributed by atoms with van der Waals surface area (Å²) >= 11 is 0. The molecule has 0 bridgehead atoms. The van der Waals surface area contributed by atoms with Gasteiger partial charge in [-0.2, -0.15) is 0 Å². The van der Waals surface area contributed by atoms with Crippen LogP contribution in [-0.4, -0.2) is 19.1 Å². The van der Waals surface area contributed by atoms with Gasteiger partial charge in [0, 0.05) is 19.1 Å². The lowest BCUT2D eigenvalue weighted by molar-refractivity contribution is 0.562. The van der Waals surface area contributed by atoms with Gasteiger partial charge in [0.15, 0.2) is 0 Å². The Bertz CT molecular complexity index is 406. The van der Waals surface area contributed by atoms with Crippen LogP contribution in [0.1, 0.15) is 58.9 Å². The summed E-state index contributed by atoms with van der Waals surface area (Å²) in [6, 6.07) is 6.04. The maximum atomic E-state index is 14.5. The van der Waals surface area contributed by atoms with E-state index in [-0.39, 0.29) is 5.82 Å². The minimum absolute atomic E-state index is 0.0952. The number of nitrogens with zero attached hydrogens (tertiary/aromatic N) is 1. The zero-order chi connectivity index (χ0) is 15.7. The maximum Gasteiger partial charge on any atom is 0.146 e. The number of anilines is 1. The van der Waals surface area contributed by atoms with Crippen molar-refractivity contribution in [2.24, 2.45) is 0 Å². The highest BCUT2D eigenvalue weighted by Crippen LogP contribution is 2.24. The highest BCUT2D eigenvalue weighted by atomic mass is 19.1. The van der Waals surface area contributed by atoms with Crippen LogP contribution in [0.15, 0.2) is 18.2 Å². The molecule has 0 aromatic heterocycles. The van der Waals surface area contributed by atoms with E-state index < -0.39 is 0 Å². The largest absolute Gasteiger partial charge is 0.366 e. The molecule has 21 heavy (non-hydrogen) atoms. The fourth-order valence-corrected chi connectivity index (χ4v) is 2.43. The molecule has 0 aliphatic heterocycles. The molecule has 120 valence electrons. The summed E-state index contributed by atoms with van der Waals surface area (Å²) in [4.78, 5) is 2.21. The van der Waals surface area contributed by atoms with Crippen LogP contribution in [-0.2, 0) is 6.54 Å². The van der Waals surface area contributed by atoms with Gasteiger partial charge in [-0.3, -0.25) is 0 Å². The summed E-state index contributed by atoms with van der Waals surface area (Å²) in [5.41, 5.74) is 1.77. The second-order valence-corrected chi connectivity index (χ2v) is 5.77.